The van der Waals surface area contributed by atoms with Crippen LogP contribution < -0.4 is 4.72 Å². The lowest BCUT2D eigenvalue weighted by Gasteiger charge is -2.20. The van der Waals surface area contributed by atoms with E-state index in [2.05, 4.69) is 20.1 Å². The van der Waals surface area contributed by atoms with Crippen molar-refractivity contribution in [2.75, 3.05) is 0 Å². The first-order chi connectivity index (χ1) is 16.4. The third-order valence-electron chi connectivity index (χ3n) is 4.47. The van der Waals surface area contributed by atoms with Gasteiger partial charge in [0.15, 0.2) is 11.9 Å². The summed E-state index contributed by atoms with van der Waals surface area (Å²) in [4.78, 5) is 25.2. The Labute approximate surface area is 206 Å². The number of sulfonamides is 1. The van der Waals surface area contributed by atoms with Crippen LogP contribution in [0.4, 0.5) is 4.39 Å². The van der Waals surface area contributed by atoms with Crippen molar-refractivity contribution in [3.8, 4) is 11.4 Å². The highest BCUT2D eigenvalue weighted by atomic mass is 35.5. The number of halogens is 2. The quantitative estimate of drug-likeness (QED) is 0.422. The van der Waals surface area contributed by atoms with Crippen molar-refractivity contribution in [1.29, 1.82) is 0 Å². The highest BCUT2D eigenvalue weighted by Gasteiger charge is 2.31. The molecule has 2 aromatic carbocycles. The Morgan fingerprint density at radius 1 is 1.11 bits per heavy atom. The van der Waals surface area contributed by atoms with Gasteiger partial charge in [0.2, 0.25) is 15.8 Å². The molecule has 0 bridgehead atoms. The van der Waals surface area contributed by atoms with Gasteiger partial charge in [-0.3, -0.25) is 9.59 Å². The summed E-state index contributed by atoms with van der Waals surface area (Å²) in [6.45, 7) is 5.02. The summed E-state index contributed by atoms with van der Waals surface area (Å²) in [6.07, 6.45) is -2.44. The number of nitrogens with one attached hydrogen (secondary N) is 1. The van der Waals surface area contributed by atoms with Crippen LogP contribution in [-0.2, 0) is 24.3 Å². The molecular formula is C22H23ClFN5O5S. The maximum Gasteiger partial charge on any atom is 0.306 e. The van der Waals surface area contributed by atoms with Crippen molar-refractivity contribution in [3.05, 3.63) is 59.4 Å². The second kappa shape index (κ2) is 10.6. The maximum atomic E-state index is 14.2. The molecule has 0 spiro atoms. The first-order valence-corrected chi connectivity index (χ1v) is 12.3. The number of hydrogen-bond donors (Lipinski definition) is 1. The normalized spacial score (nSPS) is 12.8. The number of tetrazole rings is 1. The fourth-order valence-electron chi connectivity index (χ4n) is 2.95. The SMILES string of the molecule is CC(C)(C)OC(=O)CCC(=O)C(NS(=O)(=O)c1ccccc1F)n1nnc(-c2ccccc2Cl)n1. The predicted molar refractivity (Wildman–Crippen MR) is 124 cm³/mol. The number of carbonyl (C=O) groups is 2. The number of Topliss-reactive ketones (excluding diaryl/α,β-unsaturated/α-hetero) is 1. The smallest absolute Gasteiger partial charge is 0.306 e. The van der Waals surface area contributed by atoms with Crippen LogP contribution in [0.25, 0.3) is 11.4 Å². The third kappa shape index (κ3) is 6.90. The topological polar surface area (TPSA) is 133 Å². The molecule has 1 N–H and O–H groups in total. The van der Waals surface area contributed by atoms with Gasteiger partial charge < -0.3 is 4.74 Å². The molecule has 35 heavy (non-hydrogen) atoms. The molecular weight excluding hydrogens is 501 g/mol. The van der Waals surface area contributed by atoms with Crippen molar-refractivity contribution in [1.82, 2.24) is 24.9 Å². The van der Waals surface area contributed by atoms with E-state index in [0.29, 0.717) is 10.6 Å². The Balaban J connectivity index is 1.92. The van der Waals surface area contributed by atoms with Gasteiger partial charge in [-0.15, -0.1) is 15.0 Å². The number of nitrogens with zero attached hydrogens (tertiary/aromatic N) is 4. The van der Waals surface area contributed by atoms with Crippen LogP contribution in [0.3, 0.4) is 0 Å². The van der Waals surface area contributed by atoms with E-state index in [0.717, 1.165) is 16.9 Å². The van der Waals surface area contributed by atoms with Crippen LogP contribution >= 0.6 is 11.6 Å². The molecule has 0 saturated carbocycles. The molecule has 10 nitrogen and oxygen atoms in total. The van der Waals surface area contributed by atoms with Gasteiger partial charge in [0, 0.05) is 12.0 Å². The molecule has 0 saturated heterocycles. The molecule has 1 heterocycles. The molecule has 3 aromatic rings. The Bertz CT molecular complexity index is 1340. The van der Waals surface area contributed by atoms with Gasteiger partial charge in [0.25, 0.3) is 0 Å². The van der Waals surface area contributed by atoms with Gasteiger partial charge in [0.05, 0.1) is 11.4 Å². The van der Waals surface area contributed by atoms with E-state index in [-0.39, 0.29) is 12.2 Å². The zero-order valence-electron chi connectivity index (χ0n) is 19.1. The third-order valence-corrected chi connectivity index (χ3v) is 6.24. The fourth-order valence-corrected chi connectivity index (χ4v) is 4.40. The first-order valence-electron chi connectivity index (χ1n) is 10.4. The van der Waals surface area contributed by atoms with Crippen LogP contribution in [0.5, 0.6) is 0 Å². The summed E-state index contributed by atoms with van der Waals surface area (Å²) in [5, 5.41) is 12.1. The summed E-state index contributed by atoms with van der Waals surface area (Å²) in [7, 11) is -4.53. The Morgan fingerprint density at radius 2 is 1.77 bits per heavy atom. The van der Waals surface area contributed by atoms with E-state index in [1.165, 1.54) is 12.1 Å². The van der Waals surface area contributed by atoms with E-state index in [9.17, 15) is 22.4 Å². The molecule has 3 rings (SSSR count). The molecule has 0 radical (unpaired) electrons. The molecule has 0 amide bonds. The molecule has 1 atom stereocenters. The zero-order chi connectivity index (χ0) is 25.8. The number of carbonyl (C=O) groups excluding carboxylic acids is 2. The molecule has 0 aliphatic carbocycles. The molecule has 1 aromatic heterocycles. The lowest BCUT2D eigenvalue weighted by atomic mass is 10.1. The van der Waals surface area contributed by atoms with E-state index in [4.69, 9.17) is 16.3 Å². The summed E-state index contributed by atoms with van der Waals surface area (Å²) in [5.74, 6) is -2.39. The van der Waals surface area contributed by atoms with Crippen LogP contribution in [0.2, 0.25) is 5.02 Å². The fraction of sp³-hybridized carbons (Fsp3) is 0.318. The average molecular weight is 524 g/mol. The Kier molecular flexibility index (Phi) is 7.98. The lowest BCUT2D eigenvalue weighted by molar-refractivity contribution is -0.155. The summed E-state index contributed by atoms with van der Waals surface area (Å²) in [6, 6.07) is 11.3. The maximum absolute atomic E-state index is 14.2. The average Bonchev–Trinajstić information content (AvgIpc) is 3.25. The summed E-state index contributed by atoms with van der Waals surface area (Å²) >= 11 is 6.16. The van der Waals surface area contributed by atoms with E-state index < -0.39 is 50.7 Å². The van der Waals surface area contributed by atoms with Crippen molar-refractivity contribution >= 4 is 33.4 Å². The molecule has 13 heteroatoms. The van der Waals surface area contributed by atoms with Crippen molar-refractivity contribution in [2.45, 2.75) is 50.3 Å². The van der Waals surface area contributed by atoms with Crippen molar-refractivity contribution in [2.24, 2.45) is 0 Å². The minimum atomic E-state index is -4.53. The standard InChI is InChI=1S/C22H23ClFN5O5S/c1-22(2,3)34-19(31)13-12-17(30)21(27-35(32,33)18-11-7-6-10-16(18)24)29-26-20(25-28-29)14-8-4-5-9-15(14)23/h4-11,21,27H,12-13H2,1-3H3. The summed E-state index contributed by atoms with van der Waals surface area (Å²) in [5.41, 5.74) is -0.360. The second-order valence-electron chi connectivity index (χ2n) is 8.42. The van der Waals surface area contributed by atoms with E-state index >= 15 is 0 Å². The van der Waals surface area contributed by atoms with Crippen LogP contribution in [-0.4, -0.2) is 46.0 Å². The number of hydrogen-bond acceptors (Lipinski definition) is 8. The lowest BCUT2D eigenvalue weighted by Crippen LogP contribution is -2.39. The molecule has 1 unspecified atom stereocenters. The Morgan fingerprint density at radius 3 is 2.43 bits per heavy atom. The number of esters is 1. The van der Waals surface area contributed by atoms with Gasteiger partial charge in [-0.25, -0.2) is 12.8 Å². The monoisotopic (exact) mass is 523 g/mol. The molecule has 0 aliphatic heterocycles. The van der Waals surface area contributed by atoms with Gasteiger partial charge >= 0.3 is 5.97 Å². The minimum absolute atomic E-state index is 0.0330. The van der Waals surface area contributed by atoms with Gasteiger partial charge in [-0.2, -0.15) is 4.72 Å². The molecule has 0 aliphatic rings. The molecule has 0 fully saturated rings. The van der Waals surface area contributed by atoms with Crippen LogP contribution in [0.1, 0.15) is 39.8 Å². The van der Waals surface area contributed by atoms with Crippen molar-refractivity contribution < 1.29 is 27.1 Å². The Hall–Kier alpha value is -3.22. The van der Waals surface area contributed by atoms with Gasteiger partial charge in [-0.05, 0) is 50.3 Å². The first kappa shape index (κ1) is 26.4. The second-order valence-corrected chi connectivity index (χ2v) is 10.5. The largest absolute Gasteiger partial charge is 0.460 e. The van der Waals surface area contributed by atoms with Gasteiger partial charge in [-0.1, -0.05) is 35.9 Å². The van der Waals surface area contributed by atoms with Crippen molar-refractivity contribution in [3.63, 3.8) is 0 Å². The van der Waals surface area contributed by atoms with Gasteiger partial charge in [0.1, 0.15) is 16.3 Å². The highest BCUT2D eigenvalue weighted by molar-refractivity contribution is 7.89. The number of benzene rings is 2. The van der Waals surface area contributed by atoms with E-state index in [1.807, 2.05) is 0 Å². The number of rotatable bonds is 9. The van der Waals surface area contributed by atoms with Crippen LogP contribution in [0, 0.1) is 5.82 Å². The highest BCUT2D eigenvalue weighted by Crippen LogP contribution is 2.24. The van der Waals surface area contributed by atoms with Crippen LogP contribution in [0.15, 0.2) is 53.4 Å². The minimum Gasteiger partial charge on any atom is -0.460 e. The van der Waals surface area contributed by atoms with E-state index in [1.54, 1.807) is 45.0 Å². The predicted octanol–water partition coefficient (Wildman–Crippen LogP) is 3.30. The summed E-state index contributed by atoms with van der Waals surface area (Å²) < 4.78 is 47.3. The number of ether oxygens (including phenoxy) is 1. The zero-order valence-corrected chi connectivity index (χ0v) is 20.7. The molecule has 186 valence electrons. The number of aromatic nitrogens is 4. The number of ketones is 1.